The molecule has 1 aromatic rings. The summed E-state index contributed by atoms with van der Waals surface area (Å²) in [4.78, 5) is 7.17. The van der Waals surface area contributed by atoms with Gasteiger partial charge >= 0.3 is 0 Å². The number of aromatic nitrogens is 1. The van der Waals surface area contributed by atoms with Crippen molar-refractivity contribution >= 4 is 12.4 Å². The van der Waals surface area contributed by atoms with E-state index in [1.807, 2.05) is 13.0 Å². The molecule has 0 aromatic carbocycles. The van der Waals surface area contributed by atoms with Crippen LogP contribution in [-0.4, -0.2) is 42.7 Å². The Hall–Kier alpha value is -0.840. The Balaban J connectivity index is 0.00000200. The first-order chi connectivity index (χ1) is 9.22. The van der Waals surface area contributed by atoms with Crippen molar-refractivity contribution < 1.29 is 4.74 Å². The summed E-state index contributed by atoms with van der Waals surface area (Å²) in [5.74, 6) is 0.907. The molecular formula is C15H26ClN3O. The van der Waals surface area contributed by atoms with Gasteiger partial charge in [0.1, 0.15) is 5.75 Å². The third-order valence-corrected chi connectivity index (χ3v) is 3.67. The number of hydrogen-bond acceptors (Lipinski definition) is 4. The topological polar surface area (TPSA) is 37.4 Å². The Morgan fingerprint density at radius 2 is 2.25 bits per heavy atom. The lowest BCUT2D eigenvalue weighted by Crippen LogP contribution is -2.50. The summed E-state index contributed by atoms with van der Waals surface area (Å²) in [6.45, 7) is 8.46. The van der Waals surface area contributed by atoms with Gasteiger partial charge in [0.15, 0.2) is 0 Å². The zero-order valence-corrected chi connectivity index (χ0v) is 13.5. The number of hydrogen-bond donors (Lipinski definition) is 1. The molecule has 2 rings (SSSR count). The van der Waals surface area contributed by atoms with E-state index in [0.717, 1.165) is 43.3 Å². The smallest absolute Gasteiger partial charge is 0.122 e. The minimum Gasteiger partial charge on any atom is -0.497 e. The van der Waals surface area contributed by atoms with Crippen LogP contribution in [0, 0.1) is 6.92 Å². The standard InChI is InChI=1S/C15H25N3O.ClH/c1-4-5-14-10-16-6-7-18(14)11-13-9-15(19-3)8-12(2)17-13;/h8-9,14,16H,4-7,10-11H2,1-3H3;1H. The number of rotatable bonds is 5. The number of piperazine rings is 1. The lowest BCUT2D eigenvalue weighted by atomic mass is 10.1. The quantitative estimate of drug-likeness (QED) is 0.906. The third-order valence-electron chi connectivity index (χ3n) is 3.67. The van der Waals surface area contributed by atoms with Gasteiger partial charge in [-0.1, -0.05) is 13.3 Å². The van der Waals surface area contributed by atoms with Crippen LogP contribution in [-0.2, 0) is 6.54 Å². The van der Waals surface area contributed by atoms with E-state index < -0.39 is 0 Å². The molecule has 0 aliphatic carbocycles. The van der Waals surface area contributed by atoms with Crippen LogP contribution in [0.2, 0.25) is 0 Å². The maximum absolute atomic E-state index is 5.33. The molecule has 1 N–H and O–H groups in total. The number of aryl methyl sites for hydroxylation is 1. The highest BCUT2D eigenvalue weighted by Gasteiger charge is 2.21. The maximum atomic E-state index is 5.33. The highest BCUT2D eigenvalue weighted by Crippen LogP contribution is 2.17. The molecule has 1 aliphatic rings. The minimum absolute atomic E-state index is 0. The molecule has 1 unspecified atom stereocenters. The maximum Gasteiger partial charge on any atom is 0.122 e. The summed E-state index contributed by atoms with van der Waals surface area (Å²) in [6, 6.07) is 4.66. The van der Waals surface area contributed by atoms with Gasteiger partial charge in [0.25, 0.3) is 0 Å². The lowest BCUT2D eigenvalue weighted by Gasteiger charge is -2.36. The van der Waals surface area contributed by atoms with E-state index in [4.69, 9.17) is 4.74 Å². The van der Waals surface area contributed by atoms with E-state index in [2.05, 4.69) is 28.2 Å². The van der Waals surface area contributed by atoms with E-state index >= 15 is 0 Å². The molecule has 1 aromatic heterocycles. The van der Waals surface area contributed by atoms with Crippen LogP contribution >= 0.6 is 12.4 Å². The van der Waals surface area contributed by atoms with Crippen molar-refractivity contribution in [3.8, 4) is 5.75 Å². The fourth-order valence-corrected chi connectivity index (χ4v) is 2.74. The summed E-state index contributed by atoms with van der Waals surface area (Å²) in [7, 11) is 1.71. The predicted octanol–water partition coefficient (Wildman–Crippen LogP) is 2.39. The number of pyridine rings is 1. The van der Waals surface area contributed by atoms with Crippen molar-refractivity contribution in [3.63, 3.8) is 0 Å². The molecule has 114 valence electrons. The van der Waals surface area contributed by atoms with Crippen molar-refractivity contribution in [1.29, 1.82) is 0 Å². The molecule has 1 aliphatic heterocycles. The highest BCUT2D eigenvalue weighted by molar-refractivity contribution is 5.85. The Bertz CT molecular complexity index is 412. The van der Waals surface area contributed by atoms with Crippen LogP contribution in [0.25, 0.3) is 0 Å². The van der Waals surface area contributed by atoms with Crippen LogP contribution in [0.1, 0.15) is 31.2 Å². The van der Waals surface area contributed by atoms with Crippen LogP contribution in [0.3, 0.4) is 0 Å². The number of nitrogens with zero attached hydrogens (tertiary/aromatic N) is 2. The number of ether oxygens (including phenoxy) is 1. The number of nitrogens with one attached hydrogen (secondary N) is 1. The first-order valence-electron chi connectivity index (χ1n) is 7.19. The molecule has 2 heterocycles. The van der Waals surface area contributed by atoms with Gasteiger partial charge in [-0.15, -0.1) is 12.4 Å². The molecule has 1 fully saturated rings. The molecule has 0 radical (unpaired) electrons. The number of methoxy groups -OCH3 is 1. The van der Waals surface area contributed by atoms with Gasteiger partial charge < -0.3 is 10.1 Å². The molecular weight excluding hydrogens is 274 g/mol. The van der Waals surface area contributed by atoms with Crippen molar-refractivity contribution in [2.24, 2.45) is 0 Å². The first kappa shape index (κ1) is 17.2. The predicted molar refractivity (Wildman–Crippen MR) is 84.7 cm³/mol. The van der Waals surface area contributed by atoms with Crippen molar-refractivity contribution in [1.82, 2.24) is 15.2 Å². The summed E-state index contributed by atoms with van der Waals surface area (Å²) in [6.07, 6.45) is 2.48. The van der Waals surface area contributed by atoms with Crippen LogP contribution in [0.4, 0.5) is 0 Å². The second kappa shape index (κ2) is 8.45. The largest absolute Gasteiger partial charge is 0.497 e. The fourth-order valence-electron chi connectivity index (χ4n) is 2.74. The van der Waals surface area contributed by atoms with Crippen molar-refractivity contribution in [2.45, 2.75) is 39.3 Å². The Morgan fingerprint density at radius 3 is 2.95 bits per heavy atom. The zero-order chi connectivity index (χ0) is 13.7. The molecule has 0 amide bonds. The summed E-state index contributed by atoms with van der Waals surface area (Å²) in [5, 5.41) is 3.48. The first-order valence-corrected chi connectivity index (χ1v) is 7.19. The van der Waals surface area contributed by atoms with E-state index in [0.29, 0.717) is 6.04 Å². The molecule has 20 heavy (non-hydrogen) atoms. The second-order valence-corrected chi connectivity index (χ2v) is 5.26. The molecule has 0 bridgehead atoms. The van der Waals surface area contributed by atoms with Gasteiger partial charge in [0.2, 0.25) is 0 Å². The van der Waals surface area contributed by atoms with Crippen molar-refractivity contribution in [3.05, 3.63) is 23.5 Å². The van der Waals surface area contributed by atoms with Crippen LogP contribution in [0.15, 0.2) is 12.1 Å². The van der Waals surface area contributed by atoms with Crippen molar-refractivity contribution in [2.75, 3.05) is 26.7 Å². The average Bonchev–Trinajstić information content (AvgIpc) is 2.40. The third kappa shape index (κ3) is 4.62. The van der Waals surface area contributed by atoms with E-state index in [-0.39, 0.29) is 12.4 Å². The zero-order valence-electron chi connectivity index (χ0n) is 12.7. The molecule has 1 atom stereocenters. The second-order valence-electron chi connectivity index (χ2n) is 5.26. The Labute approximate surface area is 128 Å². The Morgan fingerprint density at radius 1 is 1.45 bits per heavy atom. The van der Waals surface area contributed by atoms with E-state index in [1.165, 1.54) is 12.8 Å². The summed E-state index contributed by atoms with van der Waals surface area (Å²) < 4.78 is 5.33. The SMILES string of the molecule is CCCC1CNCCN1Cc1cc(OC)cc(C)n1.Cl. The van der Waals surface area contributed by atoms with Crippen LogP contribution < -0.4 is 10.1 Å². The lowest BCUT2D eigenvalue weighted by molar-refractivity contribution is 0.142. The van der Waals surface area contributed by atoms with E-state index in [9.17, 15) is 0 Å². The minimum atomic E-state index is 0. The van der Waals surface area contributed by atoms with Gasteiger partial charge in [-0.2, -0.15) is 0 Å². The highest BCUT2D eigenvalue weighted by atomic mass is 35.5. The average molecular weight is 300 g/mol. The number of halogens is 1. The molecule has 1 saturated heterocycles. The molecule has 4 nitrogen and oxygen atoms in total. The Kier molecular flexibility index (Phi) is 7.27. The summed E-state index contributed by atoms with van der Waals surface area (Å²) in [5.41, 5.74) is 2.14. The van der Waals surface area contributed by atoms with Gasteiger partial charge in [-0.05, 0) is 13.3 Å². The fraction of sp³-hybridized carbons (Fsp3) is 0.667. The monoisotopic (exact) mass is 299 g/mol. The molecule has 0 spiro atoms. The van der Waals surface area contributed by atoms with Gasteiger partial charge in [-0.3, -0.25) is 9.88 Å². The normalized spacial score (nSPS) is 19.4. The molecule has 0 saturated carbocycles. The van der Waals surface area contributed by atoms with Gasteiger partial charge in [0, 0.05) is 50.0 Å². The van der Waals surface area contributed by atoms with Gasteiger partial charge in [-0.25, -0.2) is 0 Å². The summed E-state index contributed by atoms with van der Waals surface area (Å²) >= 11 is 0. The van der Waals surface area contributed by atoms with E-state index in [1.54, 1.807) is 7.11 Å². The molecule has 5 heteroatoms. The van der Waals surface area contributed by atoms with Crippen LogP contribution in [0.5, 0.6) is 5.75 Å². The van der Waals surface area contributed by atoms with Gasteiger partial charge in [0.05, 0.1) is 12.8 Å².